The summed E-state index contributed by atoms with van der Waals surface area (Å²) >= 11 is 0. The van der Waals surface area contributed by atoms with Crippen LogP contribution in [0.2, 0.25) is 0 Å². The zero-order chi connectivity index (χ0) is 16.9. The maximum Gasteiger partial charge on any atom is 0.213 e. The molecule has 7 heteroatoms. The topological polar surface area (TPSA) is 67.8 Å². The van der Waals surface area contributed by atoms with Crippen LogP contribution in [-0.2, 0) is 11.3 Å². The van der Waals surface area contributed by atoms with Crippen molar-refractivity contribution in [3.63, 3.8) is 0 Å². The highest BCUT2D eigenvalue weighted by Gasteiger charge is 2.00. The number of hydrogen-bond acceptors (Lipinski definition) is 4. The van der Waals surface area contributed by atoms with Crippen molar-refractivity contribution in [2.24, 2.45) is 10.9 Å². The quantitative estimate of drug-likeness (QED) is 0.248. The van der Waals surface area contributed by atoms with Crippen molar-refractivity contribution in [1.29, 1.82) is 0 Å². The highest BCUT2D eigenvalue weighted by molar-refractivity contribution is 14.0. The summed E-state index contributed by atoms with van der Waals surface area (Å²) in [7, 11) is 1.61. The largest absolute Gasteiger partial charge is 0.481 e. The predicted octanol–water partition coefficient (Wildman–Crippen LogP) is 2.83. The van der Waals surface area contributed by atoms with E-state index in [0.717, 1.165) is 44.4 Å². The van der Waals surface area contributed by atoms with Crippen molar-refractivity contribution in [3.05, 3.63) is 23.9 Å². The molecule has 1 aromatic rings. The average Bonchev–Trinajstić information content (AvgIpc) is 2.55. The van der Waals surface area contributed by atoms with Crippen LogP contribution in [-0.4, -0.2) is 44.4 Å². The van der Waals surface area contributed by atoms with Gasteiger partial charge in [0, 0.05) is 32.4 Å². The molecule has 0 fully saturated rings. The lowest BCUT2D eigenvalue weighted by Crippen LogP contribution is -2.38. The minimum Gasteiger partial charge on any atom is -0.481 e. The lowest BCUT2D eigenvalue weighted by atomic mass is 10.2. The molecule has 0 aliphatic carbocycles. The minimum absolute atomic E-state index is 0. The summed E-state index contributed by atoms with van der Waals surface area (Å²) in [4.78, 5) is 8.90. The average molecular weight is 450 g/mol. The molecular weight excluding hydrogens is 419 g/mol. The summed E-state index contributed by atoms with van der Waals surface area (Å²) in [6, 6.07) is 5.69. The monoisotopic (exact) mass is 450 g/mol. The molecule has 0 radical (unpaired) electrons. The zero-order valence-corrected chi connectivity index (χ0v) is 17.5. The Labute approximate surface area is 162 Å². The van der Waals surface area contributed by atoms with E-state index in [4.69, 9.17) is 9.47 Å². The van der Waals surface area contributed by atoms with Gasteiger partial charge in [0.15, 0.2) is 5.96 Å². The van der Waals surface area contributed by atoms with Gasteiger partial charge in [0.25, 0.3) is 0 Å². The minimum atomic E-state index is 0. The molecule has 138 valence electrons. The van der Waals surface area contributed by atoms with Gasteiger partial charge in [-0.3, -0.25) is 0 Å². The van der Waals surface area contributed by atoms with Crippen LogP contribution in [0.15, 0.2) is 23.2 Å². The third-order valence-electron chi connectivity index (χ3n) is 2.94. The normalized spacial score (nSPS) is 11.1. The van der Waals surface area contributed by atoms with Crippen LogP contribution in [0.3, 0.4) is 0 Å². The molecule has 0 bridgehead atoms. The van der Waals surface area contributed by atoms with Crippen molar-refractivity contribution in [3.8, 4) is 5.88 Å². The molecule has 0 aromatic carbocycles. The van der Waals surface area contributed by atoms with Gasteiger partial charge in [-0.15, -0.1) is 24.0 Å². The van der Waals surface area contributed by atoms with Crippen molar-refractivity contribution in [2.45, 2.75) is 33.7 Å². The Morgan fingerprint density at radius 1 is 1.29 bits per heavy atom. The molecule has 0 aliphatic heterocycles. The van der Waals surface area contributed by atoms with Crippen molar-refractivity contribution in [2.75, 3.05) is 33.4 Å². The fourth-order valence-corrected chi connectivity index (χ4v) is 1.86. The van der Waals surface area contributed by atoms with E-state index >= 15 is 0 Å². The van der Waals surface area contributed by atoms with E-state index in [0.29, 0.717) is 18.3 Å². The van der Waals surface area contributed by atoms with E-state index in [9.17, 15) is 0 Å². The van der Waals surface area contributed by atoms with E-state index in [1.54, 1.807) is 7.11 Å². The fourth-order valence-electron chi connectivity index (χ4n) is 1.86. The predicted molar refractivity (Wildman–Crippen MR) is 109 cm³/mol. The number of aromatic nitrogens is 1. The summed E-state index contributed by atoms with van der Waals surface area (Å²) in [5.74, 6) is 1.98. The number of rotatable bonds is 10. The number of guanidine groups is 1. The van der Waals surface area contributed by atoms with Crippen LogP contribution >= 0.6 is 24.0 Å². The summed E-state index contributed by atoms with van der Waals surface area (Å²) in [6.45, 7) is 10.1. The van der Waals surface area contributed by atoms with Crippen LogP contribution in [0.4, 0.5) is 0 Å². The van der Waals surface area contributed by atoms with Gasteiger partial charge in [0.2, 0.25) is 5.88 Å². The maximum absolute atomic E-state index is 5.57. The van der Waals surface area contributed by atoms with Gasteiger partial charge in [0.1, 0.15) is 0 Å². The number of nitrogens with zero attached hydrogens (tertiary/aromatic N) is 2. The molecule has 24 heavy (non-hydrogen) atoms. The Morgan fingerprint density at radius 3 is 2.75 bits per heavy atom. The van der Waals surface area contributed by atoms with E-state index in [2.05, 4.69) is 34.5 Å². The summed E-state index contributed by atoms with van der Waals surface area (Å²) in [6.07, 6.45) is 0.953. The first kappa shape index (κ1) is 22.9. The second-order valence-electron chi connectivity index (χ2n) is 5.62. The Balaban J connectivity index is 0.00000529. The van der Waals surface area contributed by atoms with Crippen molar-refractivity contribution < 1.29 is 9.47 Å². The van der Waals surface area contributed by atoms with Crippen LogP contribution in [0, 0.1) is 5.92 Å². The van der Waals surface area contributed by atoms with E-state index in [1.165, 1.54) is 0 Å². The third kappa shape index (κ3) is 10.6. The summed E-state index contributed by atoms with van der Waals surface area (Å²) < 4.78 is 10.7. The fraction of sp³-hybridized carbons (Fsp3) is 0.647. The van der Waals surface area contributed by atoms with E-state index in [-0.39, 0.29) is 24.0 Å². The summed E-state index contributed by atoms with van der Waals surface area (Å²) in [5, 5.41) is 6.54. The molecule has 6 nitrogen and oxygen atoms in total. The first-order valence-electron chi connectivity index (χ1n) is 8.25. The Kier molecular flexibility index (Phi) is 13.6. The van der Waals surface area contributed by atoms with E-state index < -0.39 is 0 Å². The van der Waals surface area contributed by atoms with Gasteiger partial charge >= 0.3 is 0 Å². The van der Waals surface area contributed by atoms with Crippen LogP contribution in [0.25, 0.3) is 0 Å². The van der Waals surface area contributed by atoms with Crippen LogP contribution in [0.1, 0.15) is 32.9 Å². The highest BCUT2D eigenvalue weighted by atomic mass is 127. The number of pyridine rings is 1. The number of halogens is 1. The Morgan fingerprint density at radius 2 is 2.08 bits per heavy atom. The zero-order valence-electron chi connectivity index (χ0n) is 15.2. The molecule has 2 N–H and O–H groups in total. The van der Waals surface area contributed by atoms with Gasteiger partial charge in [-0.2, -0.15) is 0 Å². The number of hydrogen-bond donors (Lipinski definition) is 2. The van der Waals surface area contributed by atoms with Gasteiger partial charge in [-0.1, -0.05) is 19.9 Å². The Hall–Kier alpha value is -1.09. The Bertz CT molecular complexity index is 470. The lowest BCUT2D eigenvalue weighted by molar-refractivity contribution is 0.108. The molecule has 1 aromatic heterocycles. The van der Waals surface area contributed by atoms with Gasteiger partial charge in [0.05, 0.1) is 19.3 Å². The molecular formula is C17H31IN4O2. The van der Waals surface area contributed by atoms with Crippen molar-refractivity contribution >= 4 is 29.9 Å². The van der Waals surface area contributed by atoms with Crippen molar-refractivity contribution in [1.82, 2.24) is 15.6 Å². The first-order chi connectivity index (χ1) is 11.2. The second kappa shape index (κ2) is 14.3. The molecule has 0 saturated carbocycles. The summed E-state index contributed by atoms with van der Waals surface area (Å²) in [5.41, 5.74) is 0.877. The highest BCUT2D eigenvalue weighted by Crippen LogP contribution is 2.07. The number of ether oxygens (including phenoxy) is 2. The molecule has 1 heterocycles. The van der Waals surface area contributed by atoms with Gasteiger partial charge in [-0.05, 0) is 25.3 Å². The molecule has 0 atom stereocenters. The number of aliphatic imine (C=N–C) groups is 1. The number of methoxy groups -OCH3 is 1. The second-order valence-corrected chi connectivity index (χ2v) is 5.62. The standard InChI is InChI=1S/C17H30N4O2.HI/c1-5-18-17(19-10-7-11-23-13-14(2)3)20-12-15-8-6-9-16(21-15)22-4;/h6,8-9,14H,5,7,10-13H2,1-4H3,(H2,18,19,20);1H. The van der Waals surface area contributed by atoms with Crippen LogP contribution < -0.4 is 15.4 Å². The molecule has 0 aliphatic rings. The smallest absolute Gasteiger partial charge is 0.213 e. The molecule has 1 rings (SSSR count). The molecule has 0 spiro atoms. The lowest BCUT2D eigenvalue weighted by Gasteiger charge is -2.12. The molecule has 0 amide bonds. The maximum atomic E-state index is 5.57. The third-order valence-corrected chi connectivity index (χ3v) is 2.94. The SMILES string of the molecule is CCNC(=NCc1cccc(OC)n1)NCCCOCC(C)C.I. The van der Waals surface area contributed by atoms with Gasteiger partial charge in [-0.25, -0.2) is 9.98 Å². The number of nitrogens with one attached hydrogen (secondary N) is 2. The first-order valence-corrected chi connectivity index (χ1v) is 8.25. The van der Waals surface area contributed by atoms with E-state index in [1.807, 2.05) is 25.1 Å². The van der Waals surface area contributed by atoms with Gasteiger partial charge < -0.3 is 20.1 Å². The van der Waals surface area contributed by atoms with Crippen LogP contribution in [0.5, 0.6) is 5.88 Å². The molecule has 0 saturated heterocycles. The molecule has 0 unspecified atom stereocenters.